The molecule has 2 aromatic heterocycles. The minimum absolute atomic E-state index is 0.202. The Labute approximate surface area is 140 Å². The van der Waals surface area contributed by atoms with Crippen molar-refractivity contribution in [2.75, 3.05) is 26.2 Å². The van der Waals surface area contributed by atoms with Gasteiger partial charge in [0, 0.05) is 5.41 Å². The molecule has 2 bridgehead atoms. The average molecular weight is 331 g/mol. The highest BCUT2D eigenvalue weighted by Crippen LogP contribution is 2.40. The van der Waals surface area contributed by atoms with Gasteiger partial charge in [0.2, 0.25) is 0 Å². The molecule has 0 amide bonds. The van der Waals surface area contributed by atoms with Crippen molar-refractivity contribution in [2.45, 2.75) is 26.2 Å². The molecule has 0 radical (unpaired) electrons. The number of thiophene rings is 1. The minimum Gasteiger partial charge on any atom is -0.461 e. The summed E-state index contributed by atoms with van der Waals surface area (Å²) in [7, 11) is 0. The number of fused-ring (bicyclic) bond motifs is 3. The van der Waals surface area contributed by atoms with Gasteiger partial charge >= 0.3 is 5.97 Å². The van der Waals surface area contributed by atoms with E-state index in [4.69, 9.17) is 9.15 Å². The normalized spacial score (nSPS) is 26.4. The molecule has 3 fully saturated rings. The summed E-state index contributed by atoms with van der Waals surface area (Å²) in [6.45, 7) is 5.93. The standard InChI is InChI=1S/C18H21NO3S/c1-13-2-3-14(22-13)15-4-5-16(23-15)17(20)21-12-18-6-9-19(10-7-18)11-8-18/h2-5H,6-12H2,1H3. The molecule has 5 heterocycles. The van der Waals surface area contributed by atoms with Crippen LogP contribution in [-0.2, 0) is 4.74 Å². The molecule has 0 atom stereocenters. The molecule has 0 aliphatic carbocycles. The van der Waals surface area contributed by atoms with Crippen LogP contribution in [0.5, 0.6) is 0 Å². The molecule has 0 N–H and O–H groups in total. The monoisotopic (exact) mass is 331 g/mol. The van der Waals surface area contributed by atoms with E-state index in [1.54, 1.807) is 0 Å². The lowest BCUT2D eigenvalue weighted by Gasteiger charge is -2.47. The predicted molar refractivity (Wildman–Crippen MR) is 89.8 cm³/mol. The molecule has 3 aliphatic rings. The fourth-order valence-corrected chi connectivity index (χ4v) is 4.41. The van der Waals surface area contributed by atoms with E-state index >= 15 is 0 Å². The van der Waals surface area contributed by atoms with Gasteiger partial charge in [-0.1, -0.05) is 0 Å². The lowest BCUT2D eigenvalue weighted by atomic mass is 9.73. The van der Waals surface area contributed by atoms with E-state index in [0.717, 1.165) is 55.3 Å². The largest absolute Gasteiger partial charge is 0.461 e. The van der Waals surface area contributed by atoms with Gasteiger partial charge in [-0.05, 0) is 70.1 Å². The molecule has 0 unspecified atom stereocenters. The summed E-state index contributed by atoms with van der Waals surface area (Å²) in [6, 6.07) is 7.63. The number of rotatable bonds is 4. The van der Waals surface area contributed by atoms with E-state index in [2.05, 4.69) is 4.90 Å². The highest BCUT2D eigenvalue weighted by atomic mass is 32.1. The first kappa shape index (κ1) is 15.0. The zero-order valence-corrected chi connectivity index (χ0v) is 14.2. The van der Waals surface area contributed by atoms with E-state index in [0.29, 0.717) is 11.5 Å². The molecule has 5 heteroatoms. The molecule has 3 aliphatic heterocycles. The molecule has 3 saturated heterocycles. The van der Waals surface area contributed by atoms with Crippen molar-refractivity contribution in [1.29, 1.82) is 0 Å². The maximum atomic E-state index is 12.4. The maximum Gasteiger partial charge on any atom is 0.348 e. The molecule has 122 valence electrons. The van der Waals surface area contributed by atoms with Crippen molar-refractivity contribution in [3.63, 3.8) is 0 Å². The number of ether oxygens (including phenoxy) is 1. The van der Waals surface area contributed by atoms with Crippen molar-refractivity contribution < 1.29 is 13.9 Å². The molecule has 5 rings (SSSR count). The minimum atomic E-state index is -0.202. The first-order valence-corrected chi connectivity index (χ1v) is 9.01. The van der Waals surface area contributed by atoms with Gasteiger partial charge < -0.3 is 14.1 Å². The van der Waals surface area contributed by atoms with Gasteiger partial charge in [0.25, 0.3) is 0 Å². The van der Waals surface area contributed by atoms with Crippen molar-refractivity contribution in [3.05, 3.63) is 34.9 Å². The third-order valence-corrected chi connectivity index (χ3v) is 6.25. The van der Waals surface area contributed by atoms with Gasteiger partial charge in [0.05, 0.1) is 11.5 Å². The fourth-order valence-electron chi connectivity index (χ4n) is 3.55. The number of furan rings is 1. The third-order valence-electron chi connectivity index (χ3n) is 5.17. The highest BCUT2D eigenvalue weighted by Gasteiger charge is 2.40. The Morgan fingerprint density at radius 2 is 1.96 bits per heavy atom. The van der Waals surface area contributed by atoms with E-state index < -0.39 is 0 Å². The predicted octanol–water partition coefficient (Wildman–Crippen LogP) is 3.96. The fraction of sp³-hybridized carbons (Fsp3) is 0.500. The molecular weight excluding hydrogens is 310 g/mol. The summed E-state index contributed by atoms with van der Waals surface area (Å²) < 4.78 is 11.3. The summed E-state index contributed by atoms with van der Waals surface area (Å²) in [5.74, 6) is 1.48. The Balaban J connectivity index is 1.40. The lowest BCUT2D eigenvalue weighted by molar-refractivity contribution is -0.0303. The zero-order valence-electron chi connectivity index (χ0n) is 13.3. The smallest absolute Gasteiger partial charge is 0.348 e. The molecule has 0 saturated carbocycles. The number of hydrogen-bond donors (Lipinski definition) is 0. The number of carbonyl (C=O) groups excluding carboxylic acids is 1. The summed E-state index contributed by atoms with van der Waals surface area (Å²) in [4.78, 5) is 16.5. The second-order valence-electron chi connectivity index (χ2n) is 6.74. The van der Waals surface area contributed by atoms with Crippen molar-refractivity contribution in [1.82, 2.24) is 4.90 Å². The zero-order chi connectivity index (χ0) is 15.9. The number of piperidine rings is 3. The van der Waals surface area contributed by atoms with Gasteiger partial charge in [0.15, 0.2) is 0 Å². The average Bonchev–Trinajstić information content (AvgIpc) is 3.23. The Bertz CT molecular complexity index is 696. The molecule has 4 nitrogen and oxygen atoms in total. The van der Waals surface area contributed by atoms with Crippen LogP contribution in [0.1, 0.15) is 34.7 Å². The Kier molecular flexibility index (Phi) is 3.77. The molecular formula is C18H21NO3S. The van der Waals surface area contributed by atoms with Crippen LogP contribution >= 0.6 is 11.3 Å². The highest BCUT2D eigenvalue weighted by molar-refractivity contribution is 7.17. The van der Waals surface area contributed by atoms with Crippen LogP contribution in [0.4, 0.5) is 0 Å². The maximum absolute atomic E-state index is 12.4. The van der Waals surface area contributed by atoms with Crippen LogP contribution in [0.3, 0.4) is 0 Å². The second kappa shape index (κ2) is 5.80. The van der Waals surface area contributed by atoms with Gasteiger partial charge in [-0.15, -0.1) is 11.3 Å². The Morgan fingerprint density at radius 3 is 2.61 bits per heavy atom. The van der Waals surface area contributed by atoms with Crippen LogP contribution in [0.25, 0.3) is 10.6 Å². The van der Waals surface area contributed by atoms with Crippen LogP contribution in [0.15, 0.2) is 28.7 Å². The summed E-state index contributed by atoms with van der Waals surface area (Å²) in [6.07, 6.45) is 3.46. The van der Waals surface area contributed by atoms with Crippen molar-refractivity contribution in [3.8, 4) is 10.6 Å². The lowest BCUT2D eigenvalue weighted by Crippen LogP contribution is -2.50. The van der Waals surface area contributed by atoms with Crippen LogP contribution in [-0.4, -0.2) is 37.1 Å². The quantitative estimate of drug-likeness (QED) is 0.795. The number of nitrogens with zero attached hydrogens (tertiary/aromatic N) is 1. The first-order valence-electron chi connectivity index (χ1n) is 8.20. The Hall–Kier alpha value is -1.59. The van der Waals surface area contributed by atoms with Crippen LogP contribution in [0.2, 0.25) is 0 Å². The third kappa shape index (κ3) is 2.95. The van der Waals surface area contributed by atoms with E-state index in [1.807, 2.05) is 31.2 Å². The van der Waals surface area contributed by atoms with Crippen molar-refractivity contribution >= 4 is 17.3 Å². The number of aryl methyl sites for hydroxylation is 1. The van der Waals surface area contributed by atoms with Crippen molar-refractivity contribution in [2.24, 2.45) is 5.41 Å². The summed E-state index contributed by atoms with van der Waals surface area (Å²) >= 11 is 1.43. The molecule has 2 aromatic rings. The SMILES string of the molecule is Cc1ccc(-c2ccc(C(=O)OCC34CCN(CC3)CC4)s2)o1. The van der Waals surface area contributed by atoms with Gasteiger partial charge in [-0.2, -0.15) is 0 Å². The van der Waals surface area contributed by atoms with Gasteiger partial charge in [-0.3, -0.25) is 0 Å². The second-order valence-corrected chi connectivity index (χ2v) is 7.83. The van der Waals surface area contributed by atoms with Crippen LogP contribution in [0, 0.1) is 12.3 Å². The molecule has 0 aromatic carbocycles. The summed E-state index contributed by atoms with van der Waals surface area (Å²) in [5, 5.41) is 0. The first-order chi connectivity index (χ1) is 11.1. The summed E-state index contributed by atoms with van der Waals surface area (Å²) in [5.41, 5.74) is 0.225. The number of esters is 1. The van der Waals surface area contributed by atoms with Gasteiger partial charge in [-0.25, -0.2) is 4.79 Å². The van der Waals surface area contributed by atoms with E-state index in [-0.39, 0.29) is 11.4 Å². The Morgan fingerprint density at radius 1 is 1.22 bits per heavy atom. The molecule has 23 heavy (non-hydrogen) atoms. The van der Waals surface area contributed by atoms with E-state index in [9.17, 15) is 4.79 Å². The number of hydrogen-bond acceptors (Lipinski definition) is 5. The van der Waals surface area contributed by atoms with Crippen LogP contribution < -0.4 is 0 Å². The topological polar surface area (TPSA) is 42.7 Å². The van der Waals surface area contributed by atoms with Gasteiger partial charge in [0.1, 0.15) is 16.4 Å². The van der Waals surface area contributed by atoms with E-state index in [1.165, 1.54) is 11.3 Å². The molecule has 0 spiro atoms. The number of carbonyl (C=O) groups is 1.